The van der Waals surface area contributed by atoms with E-state index in [9.17, 15) is 4.79 Å². The number of nitrogens with zero attached hydrogens (tertiary/aromatic N) is 1. The van der Waals surface area contributed by atoms with Crippen LogP contribution in [-0.2, 0) is 4.79 Å². The van der Waals surface area contributed by atoms with Crippen molar-refractivity contribution in [3.8, 4) is 5.75 Å². The predicted octanol–water partition coefficient (Wildman–Crippen LogP) is 3.67. The second kappa shape index (κ2) is 8.85. The van der Waals surface area contributed by atoms with Crippen LogP contribution in [0.2, 0.25) is 0 Å². The van der Waals surface area contributed by atoms with E-state index in [1.165, 1.54) is 5.56 Å². The molecule has 0 unspecified atom stereocenters. The van der Waals surface area contributed by atoms with Crippen LogP contribution in [0.15, 0.2) is 24.3 Å². The Bertz CT molecular complexity index is 421. The van der Waals surface area contributed by atoms with Crippen LogP contribution in [0.1, 0.15) is 38.2 Å². The third-order valence-electron chi connectivity index (χ3n) is 3.17. The topological polar surface area (TPSA) is 29.5 Å². The summed E-state index contributed by atoms with van der Waals surface area (Å²) < 4.78 is 5.72. The number of ether oxygens (including phenoxy) is 1. The average molecular weight is 298 g/mol. The zero-order valence-corrected chi connectivity index (χ0v) is 13.3. The predicted molar refractivity (Wildman–Crippen MR) is 83.6 cm³/mol. The molecular formula is C16H24ClNO2. The van der Waals surface area contributed by atoms with Gasteiger partial charge < -0.3 is 9.64 Å². The maximum Gasteiger partial charge on any atom is 0.223 e. The zero-order valence-electron chi connectivity index (χ0n) is 12.6. The van der Waals surface area contributed by atoms with Crippen molar-refractivity contribution in [3.63, 3.8) is 0 Å². The van der Waals surface area contributed by atoms with Crippen LogP contribution in [0.25, 0.3) is 0 Å². The Hall–Kier alpha value is -1.22. The molecule has 0 N–H and O–H groups in total. The van der Waals surface area contributed by atoms with E-state index >= 15 is 0 Å². The summed E-state index contributed by atoms with van der Waals surface area (Å²) in [4.78, 5) is 13.2. The smallest absolute Gasteiger partial charge is 0.223 e. The lowest BCUT2D eigenvalue weighted by Crippen LogP contribution is -2.28. The number of hydrogen-bond donors (Lipinski definition) is 0. The molecule has 0 spiro atoms. The third-order valence-corrected chi connectivity index (χ3v) is 3.35. The molecule has 1 rings (SSSR count). The summed E-state index contributed by atoms with van der Waals surface area (Å²) in [6.45, 7) is 5.63. The zero-order chi connectivity index (χ0) is 15.0. The van der Waals surface area contributed by atoms with Crippen molar-refractivity contribution < 1.29 is 9.53 Å². The Morgan fingerprint density at radius 1 is 1.40 bits per heavy atom. The van der Waals surface area contributed by atoms with Crippen molar-refractivity contribution in [1.29, 1.82) is 0 Å². The molecule has 0 saturated carbocycles. The number of hydrogen-bond acceptors (Lipinski definition) is 2. The van der Waals surface area contributed by atoms with Gasteiger partial charge in [-0.2, -0.15) is 0 Å². The number of carbonyl (C=O) groups excluding carboxylic acids is 1. The first kappa shape index (κ1) is 16.8. The van der Waals surface area contributed by atoms with Gasteiger partial charge in [0.05, 0.1) is 6.61 Å². The van der Waals surface area contributed by atoms with Gasteiger partial charge in [-0.05, 0) is 30.0 Å². The van der Waals surface area contributed by atoms with Crippen LogP contribution in [-0.4, -0.2) is 36.9 Å². The number of amides is 1. The molecule has 0 aromatic heterocycles. The van der Waals surface area contributed by atoms with E-state index in [1.54, 1.807) is 11.9 Å². The lowest BCUT2D eigenvalue weighted by Gasteiger charge is -2.16. The molecule has 0 fully saturated rings. The normalized spacial score (nSPS) is 10.7. The molecule has 3 nitrogen and oxygen atoms in total. The van der Waals surface area contributed by atoms with E-state index in [4.69, 9.17) is 16.3 Å². The number of benzene rings is 1. The molecule has 0 aliphatic rings. The van der Waals surface area contributed by atoms with Gasteiger partial charge in [0.2, 0.25) is 5.91 Å². The second-order valence-electron chi connectivity index (χ2n) is 5.18. The van der Waals surface area contributed by atoms with E-state index in [1.807, 2.05) is 12.1 Å². The minimum Gasteiger partial charge on any atom is -0.494 e. The molecule has 0 radical (unpaired) electrons. The highest BCUT2D eigenvalue weighted by molar-refractivity contribution is 6.18. The van der Waals surface area contributed by atoms with Crippen LogP contribution >= 0.6 is 11.6 Å². The summed E-state index contributed by atoms with van der Waals surface area (Å²) >= 11 is 5.55. The molecule has 4 heteroatoms. The van der Waals surface area contributed by atoms with Crippen molar-refractivity contribution >= 4 is 17.5 Å². The molecule has 0 saturated heterocycles. The van der Waals surface area contributed by atoms with E-state index in [0.29, 0.717) is 31.4 Å². The van der Waals surface area contributed by atoms with Crippen LogP contribution < -0.4 is 4.74 Å². The summed E-state index contributed by atoms with van der Waals surface area (Å²) in [5.41, 5.74) is 1.27. The fourth-order valence-electron chi connectivity index (χ4n) is 1.85. The highest BCUT2D eigenvalue weighted by Crippen LogP contribution is 2.20. The first-order valence-corrected chi connectivity index (χ1v) is 7.60. The first-order valence-electron chi connectivity index (χ1n) is 7.07. The summed E-state index contributed by atoms with van der Waals surface area (Å²) in [6.07, 6.45) is 1.21. The Balaban J connectivity index is 2.31. The fourth-order valence-corrected chi connectivity index (χ4v) is 2.01. The van der Waals surface area contributed by atoms with Crippen molar-refractivity contribution in [2.45, 2.75) is 32.6 Å². The summed E-state index contributed by atoms with van der Waals surface area (Å²) in [5, 5.41) is 0. The summed E-state index contributed by atoms with van der Waals surface area (Å²) in [7, 11) is 1.80. The Labute approximate surface area is 126 Å². The standard InChI is InChI=1S/C16H24ClNO2/c1-13(2)14-6-4-7-15(12-14)20-11-5-10-18(3)16(19)8-9-17/h4,6-7,12-13H,5,8-11H2,1-3H3. The van der Waals surface area contributed by atoms with Gasteiger partial charge in [-0.25, -0.2) is 0 Å². The van der Waals surface area contributed by atoms with E-state index in [-0.39, 0.29) is 5.91 Å². The van der Waals surface area contributed by atoms with Gasteiger partial charge in [-0.15, -0.1) is 11.6 Å². The van der Waals surface area contributed by atoms with Gasteiger partial charge in [-0.1, -0.05) is 26.0 Å². The first-order chi connectivity index (χ1) is 9.54. The quantitative estimate of drug-likeness (QED) is 0.541. The summed E-state index contributed by atoms with van der Waals surface area (Å²) in [5.74, 6) is 1.85. The number of rotatable bonds is 8. The van der Waals surface area contributed by atoms with Crippen molar-refractivity contribution in [2.75, 3.05) is 26.1 Å². The lowest BCUT2D eigenvalue weighted by molar-refractivity contribution is -0.129. The molecular weight excluding hydrogens is 274 g/mol. The Kier molecular flexibility index (Phi) is 7.45. The molecule has 112 valence electrons. The van der Waals surface area contributed by atoms with Gasteiger partial charge in [0, 0.05) is 25.9 Å². The van der Waals surface area contributed by atoms with Crippen molar-refractivity contribution in [1.82, 2.24) is 4.90 Å². The molecule has 0 aliphatic carbocycles. The summed E-state index contributed by atoms with van der Waals surface area (Å²) in [6, 6.07) is 8.16. The molecule has 0 atom stereocenters. The van der Waals surface area contributed by atoms with Crippen LogP contribution in [0.5, 0.6) is 5.75 Å². The molecule has 0 heterocycles. The maximum atomic E-state index is 11.5. The van der Waals surface area contributed by atoms with Gasteiger partial charge in [-0.3, -0.25) is 4.79 Å². The lowest BCUT2D eigenvalue weighted by atomic mass is 10.0. The van der Waals surface area contributed by atoms with Gasteiger partial charge in [0.15, 0.2) is 0 Å². The highest BCUT2D eigenvalue weighted by atomic mass is 35.5. The van der Waals surface area contributed by atoms with E-state index < -0.39 is 0 Å². The van der Waals surface area contributed by atoms with Crippen LogP contribution in [0.3, 0.4) is 0 Å². The van der Waals surface area contributed by atoms with Crippen LogP contribution in [0, 0.1) is 0 Å². The monoisotopic (exact) mass is 297 g/mol. The molecule has 1 aromatic rings. The molecule has 1 aromatic carbocycles. The van der Waals surface area contributed by atoms with Crippen molar-refractivity contribution in [3.05, 3.63) is 29.8 Å². The van der Waals surface area contributed by atoms with Gasteiger partial charge in [0.25, 0.3) is 0 Å². The third kappa shape index (κ3) is 5.83. The van der Waals surface area contributed by atoms with Crippen LogP contribution in [0.4, 0.5) is 0 Å². The maximum absolute atomic E-state index is 11.5. The molecule has 0 bridgehead atoms. The minimum absolute atomic E-state index is 0.0850. The van der Waals surface area contributed by atoms with Gasteiger partial charge >= 0.3 is 0 Å². The second-order valence-corrected chi connectivity index (χ2v) is 5.56. The van der Waals surface area contributed by atoms with Gasteiger partial charge in [0.1, 0.15) is 5.75 Å². The fraction of sp³-hybridized carbons (Fsp3) is 0.562. The SMILES string of the molecule is CC(C)c1cccc(OCCCN(C)C(=O)CCCl)c1. The number of alkyl halides is 1. The minimum atomic E-state index is 0.0850. The Morgan fingerprint density at radius 2 is 2.15 bits per heavy atom. The Morgan fingerprint density at radius 3 is 2.80 bits per heavy atom. The molecule has 20 heavy (non-hydrogen) atoms. The largest absolute Gasteiger partial charge is 0.494 e. The van der Waals surface area contributed by atoms with E-state index in [2.05, 4.69) is 26.0 Å². The van der Waals surface area contributed by atoms with Crippen molar-refractivity contribution in [2.24, 2.45) is 0 Å². The van der Waals surface area contributed by atoms with E-state index in [0.717, 1.165) is 12.2 Å². The average Bonchev–Trinajstić information content (AvgIpc) is 2.44. The number of halogens is 1. The molecule has 1 amide bonds. The number of carbonyl (C=O) groups is 1. The molecule has 0 aliphatic heterocycles. The highest BCUT2D eigenvalue weighted by Gasteiger charge is 2.07.